The molecule has 1 saturated heterocycles. The van der Waals surface area contributed by atoms with E-state index in [-0.39, 0.29) is 5.92 Å². The second kappa shape index (κ2) is 5.64. The van der Waals surface area contributed by atoms with E-state index < -0.39 is 0 Å². The molecule has 1 aromatic heterocycles. The lowest BCUT2D eigenvalue weighted by Crippen LogP contribution is -2.14. The molecule has 0 radical (unpaired) electrons. The number of hydrogen-bond acceptors (Lipinski definition) is 4. The van der Waals surface area contributed by atoms with Crippen LogP contribution < -0.4 is 5.73 Å². The number of nitrogen functional groups attached to an aromatic ring is 1. The fraction of sp³-hybridized carbons (Fsp3) is 0.357. The molecule has 0 spiro atoms. The molecular formula is C14H14Cl2N2O2. The van der Waals surface area contributed by atoms with Gasteiger partial charge < -0.3 is 15.0 Å². The summed E-state index contributed by atoms with van der Waals surface area (Å²) < 4.78 is 10.8. The quantitative estimate of drug-likeness (QED) is 0.906. The molecule has 0 unspecified atom stereocenters. The monoisotopic (exact) mass is 312 g/mol. The summed E-state index contributed by atoms with van der Waals surface area (Å²) in [6.45, 7) is 1.44. The molecule has 2 aromatic rings. The molecule has 0 amide bonds. The number of nitrogens with zero attached hydrogens (tertiary/aromatic N) is 1. The first kappa shape index (κ1) is 13.7. The SMILES string of the molecule is Nc1noc(C2CCOCC2)c1-c1ccc(Cl)cc1Cl. The number of aromatic nitrogens is 1. The average Bonchev–Trinajstić information content (AvgIpc) is 2.82. The van der Waals surface area contributed by atoms with E-state index in [1.807, 2.05) is 6.07 Å². The maximum Gasteiger partial charge on any atom is 0.175 e. The van der Waals surface area contributed by atoms with Crippen molar-refractivity contribution >= 4 is 29.0 Å². The predicted octanol–water partition coefficient (Wildman–Crippen LogP) is 4.12. The molecule has 1 fully saturated rings. The summed E-state index contributed by atoms with van der Waals surface area (Å²) in [5, 5.41) is 5.03. The van der Waals surface area contributed by atoms with Gasteiger partial charge in [0.25, 0.3) is 0 Å². The molecule has 0 bridgehead atoms. The van der Waals surface area contributed by atoms with Crippen LogP contribution in [0.4, 0.5) is 5.82 Å². The van der Waals surface area contributed by atoms with Crippen LogP contribution in [0.5, 0.6) is 0 Å². The highest BCUT2D eigenvalue weighted by Gasteiger charge is 2.27. The Balaban J connectivity index is 2.06. The van der Waals surface area contributed by atoms with Crippen LogP contribution in [0.3, 0.4) is 0 Å². The number of hydrogen-bond donors (Lipinski definition) is 1. The van der Waals surface area contributed by atoms with Gasteiger partial charge in [-0.25, -0.2) is 0 Å². The van der Waals surface area contributed by atoms with Crippen molar-refractivity contribution in [3.05, 3.63) is 34.0 Å². The van der Waals surface area contributed by atoms with E-state index in [1.165, 1.54) is 0 Å². The topological polar surface area (TPSA) is 61.3 Å². The Morgan fingerprint density at radius 1 is 1.20 bits per heavy atom. The highest BCUT2D eigenvalue weighted by Crippen LogP contribution is 2.41. The van der Waals surface area contributed by atoms with Gasteiger partial charge in [-0.1, -0.05) is 34.4 Å². The predicted molar refractivity (Wildman–Crippen MR) is 79.2 cm³/mol. The molecule has 0 saturated carbocycles. The molecule has 6 heteroatoms. The average molecular weight is 313 g/mol. The molecule has 2 heterocycles. The molecule has 0 atom stereocenters. The number of ether oxygens (including phenoxy) is 1. The van der Waals surface area contributed by atoms with Crippen molar-refractivity contribution < 1.29 is 9.26 Å². The van der Waals surface area contributed by atoms with E-state index in [2.05, 4.69) is 5.16 Å². The minimum Gasteiger partial charge on any atom is -0.381 e. The fourth-order valence-corrected chi connectivity index (χ4v) is 3.02. The minimum absolute atomic E-state index is 0.260. The second-order valence-corrected chi connectivity index (χ2v) is 5.66. The van der Waals surface area contributed by atoms with Crippen molar-refractivity contribution in [2.24, 2.45) is 0 Å². The molecule has 106 valence electrons. The Kier molecular flexibility index (Phi) is 3.87. The van der Waals surface area contributed by atoms with E-state index in [1.54, 1.807) is 12.1 Å². The van der Waals surface area contributed by atoms with Gasteiger partial charge in [-0.15, -0.1) is 0 Å². The summed E-state index contributed by atoms with van der Waals surface area (Å²) in [5.41, 5.74) is 7.54. The van der Waals surface area contributed by atoms with Crippen LogP contribution in [0.25, 0.3) is 11.1 Å². The van der Waals surface area contributed by atoms with E-state index >= 15 is 0 Å². The number of anilines is 1. The number of nitrogens with two attached hydrogens (primary N) is 1. The smallest absolute Gasteiger partial charge is 0.175 e. The third kappa shape index (κ3) is 2.51. The van der Waals surface area contributed by atoms with Gasteiger partial charge in [-0.2, -0.15) is 0 Å². The van der Waals surface area contributed by atoms with Crippen molar-refractivity contribution in [2.45, 2.75) is 18.8 Å². The molecule has 4 nitrogen and oxygen atoms in total. The zero-order valence-corrected chi connectivity index (χ0v) is 12.2. The number of benzene rings is 1. The summed E-state index contributed by atoms with van der Waals surface area (Å²) in [6, 6.07) is 5.32. The fourth-order valence-electron chi connectivity index (χ4n) is 2.52. The lowest BCUT2D eigenvalue weighted by atomic mass is 9.92. The first-order chi connectivity index (χ1) is 9.66. The summed E-state index contributed by atoms with van der Waals surface area (Å²) in [7, 11) is 0. The van der Waals surface area contributed by atoms with Crippen LogP contribution in [0.15, 0.2) is 22.7 Å². The number of halogens is 2. The summed E-state index contributed by atoms with van der Waals surface area (Å²) >= 11 is 12.2. The van der Waals surface area contributed by atoms with Gasteiger partial charge in [-0.3, -0.25) is 0 Å². The van der Waals surface area contributed by atoms with Gasteiger partial charge in [-0.05, 0) is 25.0 Å². The Morgan fingerprint density at radius 2 is 1.95 bits per heavy atom. The summed E-state index contributed by atoms with van der Waals surface area (Å²) in [6.07, 6.45) is 1.79. The van der Waals surface area contributed by atoms with Crippen molar-refractivity contribution in [3.63, 3.8) is 0 Å². The van der Waals surface area contributed by atoms with E-state index in [0.29, 0.717) is 15.9 Å². The molecule has 20 heavy (non-hydrogen) atoms. The van der Waals surface area contributed by atoms with Gasteiger partial charge in [0.1, 0.15) is 5.76 Å². The maximum absolute atomic E-state index is 6.27. The van der Waals surface area contributed by atoms with Crippen LogP contribution in [0.1, 0.15) is 24.5 Å². The van der Waals surface area contributed by atoms with Gasteiger partial charge in [0.15, 0.2) is 5.82 Å². The Labute approximate surface area is 126 Å². The van der Waals surface area contributed by atoms with Gasteiger partial charge >= 0.3 is 0 Å². The van der Waals surface area contributed by atoms with Crippen molar-refractivity contribution in [1.82, 2.24) is 5.16 Å². The van der Waals surface area contributed by atoms with Gasteiger partial charge in [0, 0.05) is 29.7 Å². The van der Waals surface area contributed by atoms with E-state index in [9.17, 15) is 0 Å². The van der Waals surface area contributed by atoms with Crippen molar-refractivity contribution in [3.8, 4) is 11.1 Å². The Hall–Kier alpha value is -1.23. The highest BCUT2D eigenvalue weighted by molar-refractivity contribution is 6.36. The number of rotatable bonds is 2. The zero-order valence-electron chi connectivity index (χ0n) is 10.7. The highest BCUT2D eigenvalue weighted by atomic mass is 35.5. The Morgan fingerprint density at radius 3 is 2.65 bits per heavy atom. The summed E-state index contributed by atoms with van der Waals surface area (Å²) in [5.74, 6) is 1.40. The van der Waals surface area contributed by atoms with Gasteiger partial charge in [0.2, 0.25) is 0 Å². The first-order valence-electron chi connectivity index (χ1n) is 6.45. The third-order valence-corrected chi connectivity index (χ3v) is 4.09. The standard InChI is InChI=1S/C14H14Cl2N2O2/c15-9-1-2-10(11(16)7-9)12-13(20-18-14(12)17)8-3-5-19-6-4-8/h1-2,7-8H,3-6H2,(H2,17,18). The molecule has 2 N–H and O–H groups in total. The largest absolute Gasteiger partial charge is 0.381 e. The maximum atomic E-state index is 6.27. The van der Waals surface area contributed by atoms with E-state index in [4.69, 9.17) is 38.2 Å². The normalized spacial score (nSPS) is 16.5. The zero-order chi connectivity index (χ0) is 14.1. The molecule has 1 aromatic carbocycles. The molecule has 3 rings (SSSR count). The van der Waals surface area contributed by atoms with Crippen LogP contribution in [-0.2, 0) is 4.74 Å². The van der Waals surface area contributed by atoms with E-state index in [0.717, 1.165) is 42.9 Å². The minimum atomic E-state index is 0.260. The van der Waals surface area contributed by atoms with Crippen LogP contribution in [0, 0.1) is 0 Å². The molecular weight excluding hydrogens is 299 g/mol. The molecule has 1 aliphatic rings. The summed E-state index contributed by atoms with van der Waals surface area (Å²) in [4.78, 5) is 0. The third-order valence-electron chi connectivity index (χ3n) is 3.54. The lowest BCUT2D eigenvalue weighted by Gasteiger charge is -2.20. The second-order valence-electron chi connectivity index (χ2n) is 4.82. The van der Waals surface area contributed by atoms with Crippen molar-refractivity contribution in [1.29, 1.82) is 0 Å². The first-order valence-corrected chi connectivity index (χ1v) is 7.20. The van der Waals surface area contributed by atoms with Crippen LogP contribution in [-0.4, -0.2) is 18.4 Å². The van der Waals surface area contributed by atoms with Gasteiger partial charge in [0.05, 0.1) is 10.6 Å². The molecule has 0 aliphatic carbocycles. The van der Waals surface area contributed by atoms with Crippen LogP contribution >= 0.6 is 23.2 Å². The Bertz CT molecular complexity index is 622. The molecule has 1 aliphatic heterocycles. The van der Waals surface area contributed by atoms with Crippen LogP contribution in [0.2, 0.25) is 10.0 Å². The van der Waals surface area contributed by atoms with Crippen molar-refractivity contribution in [2.75, 3.05) is 18.9 Å². The lowest BCUT2D eigenvalue weighted by molar-refractivity contribution is 0.0793.